The van der Waals surface area contributed by atoms with Gasteiger partial charge in [-0.2, -0.15) is 0 Å². The van der Waals surface area contributed by atoms with Crippen LogP contribution < -0.4 is 4.74 Å². The minimum Gasteiger partial charge on any atom is -0.497 e. The highest BCUT2D eigenvalue weighted by molar-refractivity contribution is 9.10. The van der Waals surface area contributed by atoms with Crippen molar-refractivity contribution in [1.82, 2.24) is 0 Å². The van der Waals surface area contributed by atoms with Gasteiger partial charge in [-0.15, -0.1) is 11.8 Å². The van der Waals surface area contributed by atoms with Gasteiger partial charge in [0, 0.05) is 35.8 Å². The maximum atomic E-state index is 10.1. The number of hydrogen-bond acceptors (Lipinski definition) is 4. The Labute approximate surface area is 135 Å². The van der Waals surface area contributed by atoms with Crippen LogP contribution in [-0.2, 0) is 9.53 Å². The molecule has 3 nitrogen and oxygen atoms in total. The molecule has 0 saturated carbocycles. The van der Waals surface area contributed by atoms with Gasteiger partial charge in [-0.3, -0.25) is 0 Å². The second-order valence-corrected chi connectivity index (χ2v) is 5.83. The van der Waals surface area contributed by atoms with Crippen LogP contribution >= 0.6 is 27.7 Å². The number of carbonyl (C=O) groups excluding carboxylic acids is 1. The van der Waals surface area contributed by atoms with Crippen molar-refractivity contribution in [3.63, 3.8) is 0 Å². The van der Waals surface area contributed by atoms with Crippen LogP contribution in [0.2, 0.25) is 0 Å². The van der Waals surface area contributed by atoms with Crippen LogP contribution in [0.25, 0.3) is 0 Å². The molecule has 0 bridgehead atoms. The summed E-state index contributed by atoms with van der Waals surface area (Å²) in [6, 6.07) is 5.88. The van der Waals surface area contributed by atoms with E-state index < -0.39 is 0 Å². The van der Waals surface area contributed by atoms with Crippen molar-refractivity contribution in [1.29, 1.82) is 0 Å². The molecule has 0 spiro atoms. The van der Waals surface area contributed by atoms with Gasteiger partial charge in [-0.25, -0.2) is 0 Å². The van der Waals surface area contributed by atoms with Crippen LogP contribution in [0.1, 0.15) is 26.7 Å². The van der Waals surface area contributed by atoms with Gasteiger partial charge in [0.05, 0.1) is 7.11 Å². The van der Waals surface area contributed by atoms with Crippen LogP contribution in [0.5, 0.6) is 5.75 Å². The average molecular weight is 365 g/mol. The molecule has 0 radical (unpaired) electrons. The fourth-order valence-electron chi connectivity index (χ4n) is 0.963. The Morgan fingerprint density at radius 2 is 1.75 bits per heavy atom. The number of hydrogen-bond donors (Lipinski definition) is 0. The van der Waals surface area contributed by atoms with Crippen LogP contribution in [0.4, 0.5) is 0 Å². The third-order valence-corrected chi connectivity index (χ3v) is 3.05. The Balaban J connectivity index is 0. The Bertz CT molecular complexity index is 344. The normalized spacial score (nSPS) is 8.70. The predicted molar refractivity (Wildman–Crippen MR) is 91.0 cm³/mol. The molecule has 0 aliphatic rings. The minimum atomic E-state index is 0.583. The van der Waals surface area contributed by atoms with Crippen LogP contribution in [0.3, 0.4) is 0 Å². The average Bonchev–Trinajstić information content (AvgIpc) is 2.40. The summed E-state index contributed by atoms with van der Waals surface area (Å²) in [6.45, 7) is 4.25. The molecule has 0 saturated heterocycles. The first-order valence-corrected chi connectivity index (χ1v) is 8.18. The van der Waals surface area contributed by atoms with Crippen molar-refractivity contribution >= 4 is 34.0 Å². The van der Waals surface area contributed by atoms with E-state index in [0.29, 0.717) is 6.42 Å². The maximum absolute atomic E-state index is 10.1. The quantitative estimate of drug-likeness (QED) is 0.426. The lowest BCUT2D eigenvalue weighted by atomic mass is 10.3. The number of thioether (sulfide) groups is 1. The van der Waals surface area contributed by atoms with E-state index in [2.05, 4.69) is 34.5 Å². The summed E-state index contributed by atoms with van der Waals surface area (Å²) in [5.74, 6) is 1.64. The number of methoxy groups -OCH3 is 2. The Morgan fingerprint density at radius 3 is 2.20 bits per heavy atom. The Kier molecular flexibility index (Phi) is 18.0. The van der Waals surface area contributed by atoms with Gasteiger partial charge in [0.1, 0.15) is 12.0 Å². The molecule has 0 aliphatic heterocycles. The van der Waals surface area contributed by atoms with Crippen LogP contribution in [0, 0.1) is 0 Å². The van der Waals surface area contributed by atoms with Gasteiger partial charge in [0.2, 0.25) is 0 Å². The lowest BCUT2D eigenvalue weighted by Crippen LogP contribution is -1.85. The zero-order valence-corrected chi connectivity index (χ0v) is 15.3. The number of ether oxygens (including phenoxy) is 2. The number of rotatable bonds is 5. The molecule has 0 amide bonds. The zero-order valence-electron chi connectivity index (χ0n) is 12.9. The van der Waals surface area contributed by atoms with Gasteiger partial charge in [-0.05, 0) is 18.2 Å². The fraction of sp³-hybridized carbons (Fsp3) is 0.533. The molecule has 1 aromatic rings. The van der Waals surface area contributed by atoms with Crippen molar-refractivity contribution < 1.29 is 14.3 Å². The fourth-order valence-corrected chi connectivity index (χ4v) is 2.45. The van der Waals surface area contributed by atoms with E-state index in [9.17, 15) is 4.79 Å². The molecule has 1 aromatic carbocycles. The molecular formula is C15H25BrO3S. The summed E-state index contributed by atoms with van der Waals surface area (Å²) in [5, 5.41) is 0. The highest BCUT2D eigenvalue weighted by Gasteiger charge is 1.99. The lowest BCUT2D eigenvalue weighted by molar-refractivity contribution is -0.107. The van der Waals surface area contributed by atoms with E-state index in [1.54, 1.807) is 33.1 Å². The van der Waals surface area contributed by atoms with E-state index in [0.717, 1.165) is 27.2 Å². The molecular weight excluding hydrogens is 340 g/mol. The molecule has 0 N–H and O–H groups in total. The molecule has 0 fully saturated rings. The molecule has 0 unspecified atom stereocenters. The maximum Gasteiger partial charge on any atom is 0.121 e. The minimum absolute atomic E-state index is 0.583. The second kappa shape index (κ2) is 16.5. The topological polar surface area (TPSA) is 35.5 Å². The van der Waals surface area contributed by atoms with Crippen LogP contribution in [0.15, 0.2) is 27.6 Å². The van der Waals surface area contributed by atoms with E-state index >= 15 is 0 Å². The zero-order chi connectivity index (χ0) is 15.8. The summed E-state index contributed by atoms with van der Waals surface area (Å²) in [7, 11) is 4.89. The summed E-state index contributed by atoms with van der Waals surface area (Å²) >= 11 is 5.05. The molecule has 0 heterocycles. The highest BCUT2D eigenvalue weighted by atomic mass is 79.9. The molecule has 5 heteroatoms. The van der Waals surface area contributed by atoms with Crippen molar-refractivity contribution in [3.8, 4) is 5.75 Å². The standard InChI is InChI=1S/C10H11BrO2S.C3H8.C2H6O/c1-13-9-5-8(11)6-10(7-9)14-4-2-3-12;2*1-3-2/h3,5-7H,2,4H2,1H3;3H2,1-2H3;1-2H3. The van der Waals surface area contributed by atoms with Gasteiger partial charge < -0.3 is 14.3 Å². The first kappa shape index (κ1) is 21.8. The van der Waals surface area contributed by atoms with Gasteiger partial charge in [-0.1, -0.05) is 36.2 Å². The van der Waals surface area contributed by atoms with E-state index in [1.165, 1.54) is 6.42 Å². The summed E-state index contributed by atoms with van der Waals surface area (Å²) in [5.41, 5.74) is 0. The summed E-state index contributed by atoms with van der Waals surface area (Å²) < 4.78 is 10.4. The first-order valence-electron chi connectivity index (χ1n) is 6.40. The smallest absolute Gasteiger partial charge is 0.121 e. The Hall–Kier alpha value is -0.520. The monoisotopic (exact) mass is 364 g/mol. The van der Waals surface area contributed by atoms with E-state index in [4.69, 9.17) is 4.74 Å². The lowest BCUT2D eigenvalue weighted by Gasteiger charge is -2.04. The van der Waals surface area contributed by atoms with Crippen molar-refractivity contribution in [2.24, 2.45) is 0 Å². The van der Waals surface area contributed by atoms with Gasteiger partial charge >= 0.3 is 0 Å². The summed E-state index contributed by atoms with van der Waals surface area (Å²) in [4.78, 5) is 11.2. The SMILES string of the molecule is CCC.COC.COc1cc(Br)cc(SCCC=O)c1. The number of aldehydes is 1. The molecule has 0 aromatic heterocycles. The van der Waals surface area contributed by atoms with E-state index in [1.807, 2.05) is 18.2 Å². The molecule has 20 heavy (non-hydrogen) atoms. The summed E-state index contributed by atoms with van der Waals surface area (Å²) in [6.07, 6.45) is 2.77. The Morgan fingerprint density at radius 1 is 1.20 bits per heavy atom. The largest absolute Gasteiger partial charge is 0.497 e. The molecule has 0 aliphatic carbocycles. The third-order valence-electron chi connectivity index (χ3n) is 1.58. The van der Waals surface area contributed by atoms with Gasteiger partial charge in [0.15, 0.2) is 0 Å². The number of carbonyl (C=O) groups is 1. The molecule has 0 atom stereocenters. The number of benzene rings is 1. The third kappa shape index (κ3) is 13.9. The van der Waals surface area contributed by atoms with Crippen molar-refractivity contribution in [2.75, 3.05) is 27.1 Å². The number of halogens is 1. The second-order valence-electron chi connectivity index (χ2n) is 3.75. The van der Waals surface area contributed by atoms with E-state index in [-0.39, 0.29) is 0 Å². The molecule has 116 valence electrons. The first-order chi connectivity index (χ1) is 9.59. The van der Waals surface area contributed by atoms with Crippen LogP contribution in [-0.4, -0.2) is 33.4 Å². The molecule has 1 rings (SSSR count). The van der Waals surface area contributed by atoms with Gasteiger partial charge in [0.25, 0.3) is 0 Å². The van der Waals surface area contributed by atoms with Crippen molar-refractivity contribution in [2.45, 2.75) is 31.6 Å². The van der Waals surface area contributed by atoms with Crippen molar-refractivity contribution in [3.05, 3.63) is 22.7 Å². The highest BCUT2D eigenvalue weighted by Crippen LogP contribution is 2.28. The predicted octanol–water partition coefficient (Wildman–Crippen LogP) is 4.82.